The van der Waals surface area contributed by atoms with E-state index in [1.165, 1.54) is 45.6 Å². The third-order valence-electron chi connectivity index (χ3n) is 3.71. The van der Waals surface area contributed by atoms with Crippen LogP contribution in [0.5, 0.6) is 23.0 Å². The summed E-state index contributed by atoms with van der Waals surface area (Å²) in [4.78, 5) is 23.1. The van der Waals surface area contributed by atoms with Crippen LogP contribution in [0.25, 0.3) is 0 Å². The molecule has 0 aliphatic heterocycles. The van der Waals surface area contributed by atoms with Gasteiger partial charge in [-0.25, -0.2) is 0 Å². The number of rotatable bonds is 8. The van der Waals surface area contributed by atoms with Crippen LogP contribution in [0, 0.1) is 0 Å². The lowest BCUT2D eigenvalue weighted by Crippen LogP contribution is -2.11. The number of aryl methyl sites for hydroxylation is 1. The monoisotopic (exact) mass is 359 g/mol. The topological polar surface area (TPSA) is 97.1 Å². The van der Waals surface area contributed by atoms with Crippen molar-refractivity contribution in [3.63, 3.8) is 0 Å². The molecule has 2 rings (SSSR count). The zero-order valence-electron chi connectivity index (χ0n) is 14.9. The highest BCUT2D eigenvalue weighted by Crippen LogP contribution is 2.38. The van der Waals surface area contributed by atoms with E-state index in [1.807, 2.05) is 0 Å². The van der Waals surface area contributed by atoms with Crippen molar-refractivity contribution in [3.8, 4) is 23.0 Å². The van der Waals surface area contributed by atoms with Gasteiger partial charge in [0.2, 0.25) is 11.7 Å². The van der Waals surface area contributed by atoms with Gasteiger partial charge < -0.3 is 24.7 Å². The number of hydrogen-bond donors (Lipinski definition) is 1. The predicted octanol–water partition coefficient (Wildman–Crippen LogP) is 2.35. The molecule has 0 bridgehead atoms. The number of benzene rings is 2. The first kappa shape index (κ1) is 19.1. The van der Waals surface area contributed by atoms with Crippen LogP contribution in [0.4, 0.5) is 0 Å². The van der Waals surface area contributed by atoms with Crippen molar-refractivity contribution in [2.24, 2.45) is 5.73 Å². The van der Waals surface area contributed by atoms with E-state index in [4.69, 9.17) is 24.7 Å². The summed E-state index contributed by atoms with van der Waals surface area (Å²) in [5, 5.41) is 0. The van der Waals surface area contributed by atoms with Gasteiger partial charge in [-0.3, -0.25) is 9.59 Å². The van der Waals surface area contributed by atoms with Crippen molar-refractivity contribution < 1.29 is 28.5 Å². The van der Waals surface area contributed by atoms with Gasteiger partial charge in [0.25, 0.3) is 0 Å². The lowest BCUT2D eigenvalue weighted by atomic mass is 10.1. The van der Waals surface area contributed by atoms with Crippen LogP contribution in [-0.4, -0.2) is 33.2 Å². The van der Waals surface area contributed by atoms with E-state index in [2.05, 4.69) is 0 Å². The number of carbonyl (C=O) groups excluding carboxylic acids is 2. The molecule has 0 atom stereocenters. The van der Waals surface area contributed by atoms with E-state index in [0.717, 1.165) is 5.56 Å². The Morgan fingerprint density at radius 3 is 1.96 bits per heavy atom. The SMILES string of the molecule is COc1cc(CCC(=O)Oc2ccc(C(N)=O)cc2)cc(OC)c1OC. The summed E-state index contributed by atoms with van der Waals surface area (Å²) in [6.07, 6.45) is 0.602. The molecular weight excluding hydrogens is 338 g/mol. The Hall–Kier alpha value is -3.22. The predicted molar refractivity (Wildman–Crippen MR) is 95.0 cm³/mol. The molecule has 0 saturated heterocycles. The second kappa shape index (κ2) is 8.75. The third kappa shape index (κ3) is 4.66. The molecule has 7 heteroatoms. The normalized spacial score (nSPS) is 10.1. The molecule has 2 N–H and O–H groups in total. The van der Waals surface area contributed by atoms with Crippen molar-refractivity contribution in [3.05, 3.63) is 47.5 Å². The van der Waals surface area contributed by atoms with Crippen molar-refractivity contribution >= 4 is 11.9 Å². The summed E-state index contributed by atoms with van der Waals surface area (Å²) < 4.78 is 21.1. The quantitative estimate of drug-likeness (QED) is 0.574. The molecular formula is C19H21NO6. The molecule has 2 aromatic carbocycles. The average Bonchev–Trinajstić information content (AvgIpc) is 2.65. The minimum absolute atomic E-state index is 0.163. The molecule has 0 unspecified atom stereocenters. The highest BCUT2D eigenvalue weighted by Gasteiger charge is 2.14. The van der Waals surface area contributed by atoms with Crippen LogP contribution in [0.3, 0.4) is 0 Å². The largest absolute Gasteiger partial charge is 0.493 e. The summed E-state index contributed by atoms with van der Waals surface area (Å²) in [5.74, 6) is 0.964. The highest BCUT2D eigenvalue weighted by molar-refractivity contribution is 5.92. The van der Waals surface area contributed by atoms with Gasteiger partial charge in [0.1, 0.15) is 5.75 Å². The first-order valence-electron chi connectivity index (χ1n) is 7.88. The Morgan fingerprint density at radius 2 is 1.50 bits per heavy atom. The van der Waals surface area contributed by atoms with Gasteiger partial charge in [-0.1, -0.05) is 0 Å². The van der Waals surface area contributed by atoms with Crippen LogP contribution in [0.15, 0.2) is 36.4 Å². The number of nitrogens with two attached hydrogens (primary N) is 1. The number of hydrogen-bond acceptors (Lipinski definition) is 6. The Morgan fingerprint density at radius 1 is 0.923 bits per heavy atom. The van der Waals surface area contributed by atoms with Crippen molar-refractivity contribution in [2.75, 3.05) is 21.3 Å². The fourth-order valence-electron chi connectivity index (χ4n) is 2.40. The van der Waals surface area contributed by atoms with Crippen LogP contribution >= 0.6 is 0 Å². The van der Waals surface area contributed by atoms with Gasteiger partial charge in [-0.15, -0.1) is 0 Å². The van der Waals surface area contributed by atoms with E-state index in [0.29, 0.717) is 35.0 Å². The van der Waals surface area contributed by atoms with E-state index in [9.17, 15) is 9.59 Å². The van der Waals surface area contributed by atoms with Crippen molar-refractivity contribution in [2.45, 2.75) is 12.8 Å². The number of ether oxygens (including phenoxy) is 4. The summed E-state index contributed by atoms with van der Waals surface area (Å²) in [5.41, 5.74) is 6.37. The van der Waals surface area contributed by atoms with Gasteiger partial charge in [-0.05, 0) is 48.4 Å². The maximum atomic E-state index is 12.0. The molecule has 1 amide bonds. The van der Waals surface area contributed by atoms with E-state index in [-0.39, 0.29) is 6.42 Å². The van der Waals surface area contributed by atoms with Crippen LogP contribution in [-0.2, 0) is 11.2 Å². The van der Waals surface area contributed by atoms with Crippen LogP contribution in [0.2, 0.25) is 0 Å². The smallest absolute Gasteiger partial charge is 0.311 e. The minimum Gasteiger partial charge on any atom is -0.493 e. The number of carbonyl (C=O) groups is 2. The fourth-order valence-corrected chi connectivity index (χ4v) is 2.40. The zero-order chi connectivity index (χ0) is 19.1. The standard InChI is InChI=1S/C19H21NO6/c1-23-15-10-12(11-16(24-2)18(15)25-3)4-9-17(21)26-14-7-5-13(6-8-14)19(20)22/h5-8,10-11H,4,9H2,1-3H3,(H2,20,22). The molecule has 26 heavy (non-hydrogen) atoms. The third-order valence-corrected chi connectivity index (χ3v) is 3.71. The van der Waals surface area contributed by atoms with Crippen LogP contribution < -0.4 is 24.7 Å². The maximum Gasteiger partial charge on any atom is 0.311 e. The molecule has 0 radical (unpaired) electrons. The molecule has 0 fully saturated rings. The Labute approximate surface area is 151 Å². The number of esters is 1. The summed E-state index contributed by atoms with van der Waals surface area (Å²) >= 11 is 0. The van der Waals surface area contributed by atoms with Gasteiger partial charge >= 0.3 is 5.97 Å². The van der Waals surface area contributed by atoms with E-state index >= 15 is 0 Å². The number of primary amides is 1. The first-order valence-corrected chi connectivity index (χ1v) is 7.88. The second-order valence-electron chi connectivity index (χ2n) is 5.40. The van der Waals surface area contributed by atoms with Gasteiger partial charge in [-0.2, -0.15) is 0 Å². The Kier molecular flexibility index (Phi) is 6.43. The fraction of sp³-hybridized carbons (Fsp3) is 0.263. The molecule has 0 aliphatic rings. The van der Waals surface area contributed by atoms with Gasteiger partial charge in [0.05, 0.1) is 21.3 Å². The van der Waals surface area contributed by atoms with Gasteiger partial charge in [0.15, 0.2) is 11.5 Å². The lowest BCUT2D eigenvalue weighted by molar-refractivity contribution is -0.134. The zero-order valence-corrected chi connectivity index (χ0v) is 14.9. The number of amides is 1. The van der Waals surface area contributed by atoms with Crippen LogP contribution in [0.1, 0.15) is 22.3 Å². The van der Waals surface area contributed by atoms with E-state index in [1.54, 1.807) is 12.1 Å². The summed E-state index contributed by atoms with van der Waals surface area (Å²) in [6, 6.07) is 9.63. The summed E-state index contributed by atoms with van der Waals surface area (Å²) in [7, 11) is 4.59. The van der Waals surface area contributed by atoms with Crippen molar-refractivity contribution in [1.29, 1.82) is 0 Å². The van der Waals surface area contributed by atoms with Gasteiger partial charge in [0, 0.05) is 12.0 Å². The molecule has 138 valence electrons. The maximum absolute atomic E-state index is 12.0. The molecule has 0 heterocycles. The van der Waals surface area contributed by atoms with E-state index < -0.39 is 11.9 Å². The first-order chi connectivity index (χ1) is 12.5. The Bertz CT molecular complexity index is 760. The molecule has 0 aliphatic carbocycles. The summed E-state index contributed by atoms with van der Waals surface area (Å²) in [6.45, 7) is 0. The number of methoxy groups -OCH3 is 3. The van der Waals surface area contributed by atoms with Crippen molar-refractivity contribution in [1.82, 2.24) is 0 Å². The molecule has 2 aromatic rings. The molecule has 7 nitrogen and oxygen atoms in total. The average molecular weight is 359 g/mol. The second-order valence-corrected chi connectivity index (χ2v) is 5.40. The lowest BCUT2D eigenvalue weighted by Gasteiger charge is -2.14. The minimum atomic E-state index is -0.537. The molecule has 0 saturated carbocycles. The molecule has 0 aromatic heterocycles. The Balaban J connectivity index is 2.01. The molecule has 0 spiro atoms. The highest BCUT2D eigenvalue weighted by atomic mass is 16.5.